The highest BCUT2D eigenvalue weighted by molar-refractivity contribution is 9.10. The van der Waals surface area contributed by atoms with Gasteiger partial charge >= 0.3 is 0 Å². The average molecular weight is 647 g/mol. The molecule has 3 aromatic rings. The van der Waals surface area contributed by atoms with Crippen LogP contribution in [0.5, 0.6) is 11.5 Å². The minimum atomic E-state index is -4.26. The number of benzene rings is 3. The molecule has 11 heteroatoms. The summed E-state index contributed by atoms with van der Waals surface area (Å²) in [5.74, 6) is -0.257. The molecule has 3 aromatic carbocycles. The number of halogens is 1. The highest BCUT2D eigenvalue weighted by Crippen LogP contribution is 2.33. The summed E-state index contributed by atoms with van der Waals surface area (Å²) in [6, 6.07) is 16.2. The summed E-state index contributed by atoms with van der Waals surface area (Å²) in [6.45, 7) is 7.12. The predicted octanol–water partition coefficient (Wildman–Crippen LogP) is 4.83. The van der Waals surface area contributed by atoms with E-state index in [0.717, 1.165) is 25.5 Å². The Bertz CT molecular complexity index is 1470. The van der Waals surface area contributed by atoms with Crippen LogP contribution in [0.1, 0.15) is 30.5 Å². The van der Waals surface area contributed by atoms with Crippen LogP contribution in [0, 0.1) is 13.8 Å². The van der Waals surface area contributed by atoms with E-state index in [-0.39, 0.29) is 23.1 Å². The van der Waals surface area contributed by atoms with Gasteiger partial charge in [0.25, 0.3) is 10.0 Å². The number of nitrogens with zero attached hydrogens (tertiary/aromatic N) is 2. The van der Waals surface area contributed by atoms with E-state index in [1.54, 1.807) is 26.0 Å². The maximum absolute atomic E-state index is 14.2. The Labute approximate surface area is 250 Å². The van der Waals surface area contributed by atoms with E-state index in [1.807, 2.05) is 44.2 Å². The number of hydrogen-bond acceptors (Lipinski definition) is 6. The number of aryl methyl sites for hydroxylation is 2. The number of methoxy groups -OCH3 is 2. The molecule has 0 aliphatic heterocycles. The van der Waals surface area contributed by atoms with Crippen molar-refractivity contribution in [1.29, 1.82) is 0 Å². The summed E-state index contributed by atoms with van der Waals surface area (Å²) in [5, 5.41) is 2.76. The lowest BCUT2D eigenvalue weighted by Crippen LogP contribution is -2.51. The number of likely N-dealkylation sites (N-methyl/N-ethyl adjacent to an activating group) is 1. The van der Waals surface area contributed by atoms with Gasteiger partial charge in [-0.15, -0.1) is 0 Å². The fourth-order valence-corrected chi connectivity index (χ4v) is 6.10. The minimum Gasteiger partial charge on any atom is -0.493 e. The molecule has 0 aliphatic rings. The molecule has 0 bridgehead atoms. The van der Waals surface area contributed by atoms with Crippen LogP contribution < -0.4 is 19.1 Å². The topological polar surface area (TPSA) is 105 Å². The van der Waals surface area contributed by atoms with Crippen molar-refractivity contribution < 1.29 is 27.5 Å². The lowest BCUT2D eigenvalue weighted by atomic mass is 10.1. The fourth-order valence-electron chi connectivity index (χ4n) is 4.42. The summed E-state index contributed by atoms with van der Waals surface area (Å²) in [5.41, 5.74) is 2.79. The average Bonchev–Trinajstić information content (AvgIpc) is 2.94. The zero-order valence-corrected chi connectivity index (χ0v) is 26.5. The van der Waals surface area contributed by atoms with Gasteiger partial charge in [-0.05, 0) is 80.8 Å². The first-order chi connectivity index (χ1) is 19.4. The van der Waals surface area contributed by atoms with Gasteiger partial charge < -0.3 is 19.7 Å². The van der Waals surface area contributed by atoms with Crippen LogP contribution >= 0.6 is 15.9 Å². The van der Waals surface area contributed by atoms with Gasteiger partial charge in [0.2, 0.25) is 11.8 Å². The standard InChI is InChI=1S/C30H36BrN3O6S/c1-7-32-30(36)22(4)33(18-23-8-10-24(31)11-9-23)29(35)19-34(25-15-20(2)14-21(3)16-25)41(37,38)26-12-13-27(39-5)28(17-26)40-6/h8-17,22H,7,18-19H2,1-6H3,(H,32,36)/t22-/m0/s1. The van der Waals surface area contributed by atoms with Gasteiger partial charge in [-0.2, -0.15) is 0 Å². The number of carbonyl (C=O) groups is 2. The van der Waals surface area contributed by atoms with Crippen LogP contribution in [0.15, 0.2) is 70.0 Å². The normalized spacial score (nSPS) is 11.9. The highest BCUT2D eigenvalue weighted by atomic mass is 79.9. The van der Waals surface area contributed by atoms with Gasteiger partial charge in [-0.25, -0.2) is 8.42 Å². The predicted molar refractivity (Wildman–Crippen MR) is 163 cm³/mol. The Morgan fingerprint density at radius 2 is 1.54 bits per heavy atom. The number of sulfonamides is 1. The molecule has 0 fully saturated rings. The number of hydrogen-bond donors (Lipinski definition) is 1. The van der Waals surface area contributed by atoms with Crippen molar-refractivity contribution in [2.75, 3.05) is 31.6 Å². The van der Waals surface area contributed by atoms with E-state index in [9.17, 15) is 18.0 Å². The Balaban J connectivity index is 2.10. The molecule has 0 aliphatic carbocycles. The Hall–Kier alpha value is -3.57. The quantitative estimate of drug-likeness (QED) is 0.302. The molecule has 3 rings (SSSR count). The van der Waals surface area contributed by atoms with Gasteiger partial charge in [-0.1, -0.05) is 34.1 Å². The van der Waals surface area contributed by atoms with Crippen LogP contribution in [-0.4, -0.2) is 58.5 Å². The molecule has 9 nitrogen and oxygen atoms in total. The first-order valence-electron chi connectivity index (χ1n) is 13.1. The van der Waals surface area contributed by atoms with E-state index < -0.39 is 28.5 Å². The van der Waals surface area contributed by atoms with Crippen molar-refractivity contribution in [3.8, 4) is 11.5 Å². The maximum atomic E-state index is 14.2. The summed E-state index contributed by atoms with van der Waals surface area (Å²) < 4.78 is 40.9. The second kappa shape index (κ2) is 13.9. The summed E-state index contributed by atoms with van der Waals surface area (Å²) in [4.78, 5) is 28.2. The number of carbonyl (C=O) groups excluding carboxylic acids is 2. The van der Waals surface area contributed by atoms with Gasteiger partial charge in [0, 0.05) is 23.6 Å². The summed E-state index contributed by atoms with van der Waals surface area (Å²) in [7, 11) is -1.39. The second-order valence-electron chi connectivity index (χ2n) is 9.59. The zero-order chi connectivity index (χ0) is 30.3. The molecule has 1 atom stereocenters. The summed E-state index contributed by atoms with van der Waals surface area (Å²) in [6.07, 6.45) is 0. The van der Waals surface area contributed by atoms with E-state index in [2.05, 4.69) is 21.2 Å². The molecule has 1 N–H and O–H groups in total. The number of ether oxygens (including phenoxy) is 2. The molecular formula is C30H36BrN3O6S. The molecule has 0 radical (unpaired) electrons. The third-order valence-electron chi connectivity index (χ3n) is 6.50. The van der Waals surface area contributed by atoms with Crippen molar-refractivity contribution >= 4 is 43.5 Å². The Kier molecular flexibility index (Phi) is 10.8. The first-order valence-corrected chi connectivity index (χ1v) is 15.3. The lowest BCUT2D eigenvalue weighted by Gasteiger charge is -2.32. The molecule has 0 heterocycles. The first kappa shape index (κ1) is 32.0. The van der Waals surface area contributed by atoms with Crippen molar-refractivity contribution in [2.24, 2.45) is 0 Å². The van der Waals surface area contributed by atoms with E-state index >= 15 is 0 Å². The van der Waals surface area contributed by atoms with Crippen LogP contribution in [-0.2, 0) is 26.2 Å². The number of rotatable bonds is 12. The molecule has 2 amide bonds. The van der Waals surface area contributed by atoms with Crippen LogP contribution in [0.4, 0.5) is 5.69 Å². The van der Waals surface area contributed by atoms with E-state index in [0.29, 0.717) is 18.0 Å². The molecule has 0 saturated heterocycles. The smallest absolute Gasteiger partial charge is 0.264 e. The third kappa shape index (κ3) is 7.80. The second-order valence-corrected chi connectivity index (χ2v) is 12.4. The minimum absolute atomic E-state index is 0.0710. The molecule has 0 spiro atoms. The van der Waals surface area contributed by atoms with Crippen LogP contribution in [0.25, 0.3) is 0 Å². The summed E-state index contributed by atoms with van der Waals surface area (Å²) >= 11 is 3.41. The van der Waals surface area contributed by atoms with Crippen molar-refractivity contribution in [1.82, 2.24) is 10.2 Å². The van der Waals surface area contributed by atoms with Gasteiger partial charge in [-0.3, -0.25) is 13.9 Å². The zero-order valence-electron chi connectivity index (χ0n) is 24.1. The highest BCUT2D eigenvalue weighted by Gasteiger charge is 2.33. The SMILES string of the molecule is CCNC(=O)[C@H](C)N(Cc1ccc(Br)cc1)C(=O)CN(c1cc(C)cc(C)c1)S(=O)(=O)c1ccc(OC)c(OC)c1. The third-order valence-corrected chi connectivity index (χ3v) is 8.80. The molecule has 0 unspecified atom stereocenters. The number of nitrogens with one attached hydrogen (secondary N) is 1. The van der Waals surface area contributed by atoms with Crippen LogP contribution in [0.2, 0.25) is 0 Å². The van der Waals surface area contributed by atoms with Crippen LogP contribution in [0.3, 0.4) is 0 Å². The van der Waals surface area contributed by atoms with Gasteiger partial charge in [0.1, 0.15) is 12.6 Å². The van der Waals surface area contributed by atoms with E-state index in [4.69, 9.17) is 9.47 Å². The van der Waals surface area contributed by atoms with Gasteiger partial charge in [0.05, 0.1) is 24.8 Å². The molecule has 0 saturated carbocycles. The monoisotopic (exact) mass is 645 g/mol. The Morgan fingerprint density at radius 1 is 0.927 bits per heavy atom. The largest absolute Gasteiger partial charge is 0.493 e. The molecule has 220 valence electrons. The van der Waals surface area contributed by atoms with Gasteiger partial charge in [0.15, 0.2) is 11.5 Å². The van der Waals surface area contributed by atoms with E-state index in [1.165, 1.54) is 37.3 Å². The number of anilines is 1. The molecule has 0 aromatic heterocycles. The van der Waals surface area contributed by atoms with Crippen molar-refractivity contribution in [2.45, 2.75) is 45.2 Å². The fraction of sp³-hybridized carbons (Fsp3) is 0.333. The lowest BCUT2D eigenvalue weighted by molar-refractivity contribution is -0.139. The number of amides is 2. The molecular weight excluding hydrogens is 610 g/mol. The molecule has 41 heavy (non-hydrogen) atoms. The maximum Gasteiger partial charge on any atom is 0.264 e. The van der Waals surface area contributed by atoms with Crippen molar-refractivity contribution in [3.63, 3.8) is 0 Å². The Morgan fingerprint density at radius 3 is 2.10 bits per heavy atom. The van der Waals surface area contributed by atoms with Crippen molar-refractivity contribution in [3.05, 3.63) is 81.8 Å².